The van der Waals surface area contributed by atoms with Gasteiger partial charge in [-0.15, -0.1) is 11.3 Å². The van der Waals surface area contributed by atoms with Crippen molar-refractivity contribution >= 4 is 54.9 Å². The number of nitrogens with zero attached hydrogens (tertiary/aromatic N) is 2. The normalized spacial score (nSPS) is 17.0. The minimum atomic E-state index is -3.51. The van der Waals surface area contributed by atoms with Crippen molar-refractivity contribution in [1.82, 2.24) is 9.80 Å². The number of hydrogen-bond donors (Lipinski definition) is 0. The maximum absolute atomic E-state index is 14.8. The molecular formula is C35H37ClF2N2O5S2. The van der Waals surface area contributed by atoms with Crippen LogP contribution in [0.25, 0.3) is 21.2 Å². The summed E-state index contributed by atoms with van der Waals surface area (Å²) in [5.74, 6) is -1.83. The first-order valence-corrected chi connectivity index (χ1v) is 18.3. The van der Waals surface area contributed by atoms with Gasteiger partial charge in [0.25, 0.3) is 5.91 Å². The first-order valence-electron chi connectivity index (χ1n) is 15.3. The Labute approximate surface area is 283 Å². The van der Waals surface area contributed by atoms with Gasteiger partial charge in [-0.25, -0.2) is 22.0 Å². The number of halogens is 3. The molecule has 1 fully saturated rings. The molecule has 250 valence electrons. The Morgan fingerprint density at radius 3 is 2.23 bits per heavy atom. The number of ether oxygens (including phenoxy) is 1. The first kappa shape index (κ1) is 34.8. The van der Waals surface area contributed by atoms with E-state index in [1.54, 1.807) is 47.2 Å². The van der Waals surface area contributed by atoms with Crippen LogP contribution in [0.1, 0.15) is 61.7 Å². The summed E-state index contributed by atoms with van der Waals surface area (Å²) in [6.45, 7) is 5.57. The number of benzene rings is 3. The summed E-state index contributed by atoms with van der Waals surface area (Å²) in [5, 5.41) is -0.256. The second-order valence-electron chi connectivity index (χ2n) is 12.9. The Bertz CT molecular complexity index is 1930. The smallest absolute Gasteiger partial charge is 0.410 e. The molecule has 12 heteroatoms. The van der Waals surface area contributed by atoms with E-state index in [1.165, 1.54) is 0 Å². The minimum absolute atomic E-state index is 0.0274. The average Bonchev–Trinajstić information content (AvgIpc) is 3.38. The molecule has 0 saturated heterocycles. The molecule has 3 aromatic carbocycles. The highest BCUT2D eigenvalue weighted by atomic mass is 35.5. The minimum Gasteiger partial charge on any atom is -0.444 e. The highest BCUT2D eigenvalue weighted by molar-refractivity contribution is 7.90. The lowest BCUT2D eigenvalue weighted by Gasteiger charge is -2.40. The van der Waals surface area contributed by atoms with Gasteiger partial charge in [0.2, 0.25) is 0 Å². The van der Waals surface area contributed by atoms with E-state index in [2.05, 4.69) is 0 Å². The zero-order valence-corrected chi connectivity index (χ0v) is 29.2. The highest BCUT2D eigenvalue weighted by Gasteiger charge is 2.35. The van der Waals surface area contributed by atoms with Crippen molar-refractivity contribution < 1.29 is 31.5 Å². The summed E-state index contributed by atoms with van der Waals surface area (Å²) in [6.07, 6.45) is 3.08. The standard InChI is InChI=1S/C35H37ClF2N2O5S2/c1-35(2,3)45-34(42)39(4)23-13-15-24(16-14-23)40(33(41)32-30(36)29-26(37)17-18-27(38)31(29)46-32)20-21-9-8-10-22(19-21)25-11-6-7-12-28(25)47(5,43)44/h6-12,17-19,23-24H,13-16,20H2,1-5H3. The molecule has 7 nitrogen and oxygen atoms in total. The Balaban J connectivity index is 1.48. The van der Waals surface area contributed by atoms with Gasteiger partial charge in [0, 0.05) is 37.5 Å². The lowest BCUT2D eigenvalue weighted by molar-refractivity contribution is 0.0144. The quantitative estimate of drug-likeness (QED) is 0.192. The number of amides is 2. The molecule has 0 bridgehead atoms. The van der Waals surface area contributed by atoms with Crippen LogP contribution in [0.4, 0.5) is 13.6 Å². The molecule has 5 rings (SSSR count). The number of hydrogen-bond acceptors (Lipinski definition) is 6. The van der Waals surface area contributed by atoms with Gasteiger partial charge in [0.15, 0.2) is 9.84 Å². The van der Waals surface area contributed by atoms with Gasteiger partial charge in [-0.05, 0) is 81.8 Å². The molecular weight excluding hydrogens is 666 g/mol. The van der Waals surface area contributed by atoms with Gasteiger partial charge in [-0.1, -0.05) is 48.0 Å². The lowest BCUT2D eigenvalue weighted by atomic mass is 9.89. The first-order chi connectivity index (χ1) is 22.0. The molecule has 0 radical (unpaired) electrons. The summed E-state index contributed by atoms with van der Waals surface area (Å²) in [5.41, 5.74) is 1.31. The van der Waals surface area contributed by atoms with Gasteiger partial charge in [-0.3, -0.25) is 4.79 Å². The fourth-order valence-electron chi connectivity index (χ4n) is 6.04. The van der Waals surface area contributed by atoms with E-state index in [0.29, 0.717) is 36.8 Å². The maximum atomic E-state index is 14.8. The molecule has 47 heavy (non-hydrogen) atoms. The van der Waals surface area contributed by atoms with Crippen molar-refractivity contribution in [2.75, 3.05) is 13.3 Å². The number of carbonyl (C=O) groups is 2. The van der Waals surface area contributed by atoms with E-state index in [9.17, 15) is 26.8 Å². The average molecular weight is 703 g/mol. The fourth-order valence-corrected chi connectivity index (χ4v) is 8.45. The van der Waals surface area contributed by atoms with Crippen LogP contribution in [0, 0.1) is 11.6 Å². The second kappa shape index (κ2) is 13.5. The zero-order chi connectivity index (χ0) is 34.3. The predicted octanol–water partition coefficient (Wildman–Crippen LogP) is 8.72. The van der Waals surface area contributed by atoms with E-state index in [1.807, 2.05) is 39.0 Å². The third kappa shape index (κ3) is 7.63. The van der Waals surface area contributed by atoms with Crippen LogP contribution in [-0.2, 0) is 21.1 Å². The van der Waals surface area contributed by atoms with Crippen LogP contribution in [0.2, 0.25) is 5.02 Å². The van der Waals surface area contributed by atoms with Crippen molar-refractivity contribution in [3.63, 3.8) is 0 Å². The van der Waals surface area contributed by atoms with Gasteiger partial charge < -0.3 is 14.5 Å². The van der Waals surface area contributed by atoms with Crippen molar-refractivity contribution in [3.05, 3.63) is 87.8 Å². The zero-order valence-electron chi connectivity index (χ0n) is 26.8. The Kier molecular flexibility index (Phi) is 10.0. The number of rotatable bonds is 7. The molecule has 2 amide bonds. The number of sulfone groups is 1. The summed E-state index contributed by atoms with van der Waals surface area (Å²) in [4.78, 5) is 30.6. The molecule has 4 aromatic rings. The number of carbonyl (C=O) groups excluding carboxylic acids is 2. The van der Waals surface area contributed by atoms with Crippen molar-refractivity contribution in [2.24, 2.45) is 0 Å². The van der Waals surface area contributed by atoms with E-state index >= 15 is 0 Å². The van der Waals surface area contributed by atoms with Crippen molar-refractivity contribution in [2.45, 2.75) is 75.6 Å². The van der Waals surface area contributed by atoms with E-state index in [4.69, 9.17) is 16.3 Å². The van der Waals surface area contributed by atoms with E-state index in [-0.39, 0.29) is 43.5 Å². The SMILES string of the molecule is CN(C(=O)OC(C)(C)C)C1CCC(N(Cc2cccc(-c3ccccc3S(C)(=O)=O)c2)C(=O)c2sc3c(F)ccc(F)c3c2Cl)CC1. The molecule has 0 unspecified atom stereocenters. The van der Waals surface area contributed by atoms with Gasteiger partial charge in [-0.2, -0.15) is 0 Å². The summed E-state index contributed by atoms with van der Waals surface area (Å²) < 4.78 is 60.1. The predicted molar refractivity (Wildman–Crippen MR) is 182 cm³/mol. The fraction of sp³-hybridized carbons (Fsp3) is 0.371. The monoisotopic (exact) mass is 702 g/mol. The molecule has 0 spiro atoms. The Morgan fingerprint density at radius 2 is 1.60 bits per heavy atom. The molecule has 0 aliphatic heterocycles. The molecule has 1 aliphatic rings. The number of thiophene rings is 1. The van der Waals surface area contributed by atoms with Crippen molar-refractivity contribution in [3.8, 4) is 11.1 Å². The van der Waals surface area contributed by atoms with Crippen LogP contribution in [0.3, 0.4) is 0 Å². The van der Waals surface area contributed by atoms with E-state index < -0.39 is 39.1 Å². The van der Waals surface area contributed by atoms with Crippen LogP contribution < -0.4 is 0 Å². The molecule has 1 aliphatic carbocycles. The summed E-state index contributed by atoms with van der Waals surface area (Å²) >= 11 is 7.39. The third-order valence-corrected chi connectivity index (χ3v) is 11.2. The molecule has 0 atom stereocenters. The van der Waals surface area contributed by atoms with Gasteiger partial charge in [0.05, 0.1) is 20.0 Å². The third-order valence-electron chi connectivity index (χ3n) is 8.35. The molecule has 0 N–H and O–H groups in total. The van der Waals surface area contributed by atoms with E-state index in [0.717, 1.165) is 35.3 Å². The molecule has 1 saturated carbocycles. The van der Waals surface area contributed by atoms with Crippen molar-refractivity contribution in [1.29, 1.82) is 0 Å². The van der Waals surface area contributed by atoms with Gasteiger partial charge in [0.1, 0.15) is 22.1 Å². The second-order valence-corrected chi connectivity index (χ2v) is 16.3. The van der Waals surface area contributed by atoms with Gasteiger partial charge >= 0.3 is 6.09 Å². The molecule has 1 heterocycles. The summed E-state index contributed by atoms with van der Waals surface area (Å²) in [6, 6.07) is 15.7. The maximum Gasteiger partial charge on any atom is 0.410 e. The summed E-state index contributed by atoms with van der Waals surface area (Å²) in [7, 11) is -1.80. The van der Waals surface area contributed by atoms with Crippen LogP contribution in [-0.4, -0.2) is 61.2 Å². The number of fused-ring (bicyclic) bond motifs is 1. The largest absolute Gasteiger partial charge is 0.444 e. The lowest BCUT2D eigenvalue weighted by Crippen LogP contribution is -2.47. The van der Waals surface area contributed by atoms with Crippen LogP contribution in [0.15, 0.2) is 65.6 Å². The Morgan fingerprint density at radius 1 is 0.957 bits per heavy atom. The van der Waals surface area contributed by atoms with Crippen LogP contribution >= 0.6 is 22.9 Å². The molecule has 1 aromatic heterocycles. The van der Waals surface area contributed by atoms with Crippen LogP contribution in [0.5, 0.6) is 0 Å². The topological polar surface area (TPSA) is 84.0 Å². The highest BCUT2D eigenvalue weighted by Crippen LogP contribution is 2.40. The Hall–Kier alpha value is -3.54.